The molecule has 3 nitrogen and oxygen atoms in total. The van der Waals surface area contributed by atoms with E-state index in [1.165, 1.54) is 0 Å². The topological polar surface area (TPSA) is 46.2 Å². The molecule has 0 atom stereocenters. The summed E-state index contributed by atoms with van der Waals surface area (Å²) in [6.45, 7) is 6.56. The molecule has 0 bridgehead atoms. The van der Waals surface area contributed by atoms with E-state index in [9.17, 15) is 8.42 Å². The van der Waals surface area contributed by atoms with Crippen LogP contribution in [0.5, 0.6) is 0 Å². The van der Waals surface area contributed by atoms with Gasteiger partial charge in [-0.25, -0.2) is 8.42 Å². The van der Waals surface area contributed by atoms with Gasteiger partial charge in [-0.3, -0.25) is 0 Å². The molecule has 0 unspecified atom stereocenters. The fourth-order valence-electron chi connectivity index (χ4n) is 3.17. The molecular formula is C12H23NO2S. The van der Waals surface area contributed by atoms with E-state index in [0.29, 0.717) is 17.5 Å². The zero-order valence-electron chi connectivity index (χ0n) is 10.5. The third-order valence-electron chi connectivity index (χ3n) is 3.74. The highest BCUT2D eigenvalue weighted by atomic mass is 32.2. The number of nitrogens with one attached hydrogen (secondary N) is 1. The van der Waals surface area contributed by atoms with Crippen molar-refractivity contribution in [1.82, 2.24) is 5.32 Å². The average Bonchev–Trinajstić information content (AvgIpc) is 2.03. The monoisotopic (exact) mass is 245 g/mol. The van der Waals surface area contributed by atoms with Gasteiger partial charge in [-0.2, -0.15) is 0 Å². The van der Waals surface area contributed by atoms with Crippen molar-refractivity contribution in [3.63, 3.8) is 0 Å². The van der Waals surface area contributed by atoms with Gasteiger partial charge in [0.05, 0.1) is 11.5 Å². The molecule has 1 aliphatic heterocycles. The van der Waals surface area contributed by atoms with Gasteiger partial charge in [0.15, 0.2) is 9.84 Å². The van der Waals surface area contributed by atoms with Crippen molar-refractivity contribution in [2.24, 2.45) is 5.41 Å². The van der Waals surface area contributed by atoms with Gasteiger partial charge >= 0.3 is 0 Å². The third-order valence-corrected chi connectivity index (χ3v) is 5.84. The summed E-state index contributed by atoms with van der Waals surface area (Å²) in [4.78, 5) is 0. The molecule has 0 amide bonds. The molecule has 0 radical (unpaired) electrons. The lowest BCUT2D eigenvalue weighted by molar-refractivity contribution is 0.176. The first-order valence-electron chi connectivity index (χ1n) is 6.18. The van der Waals surface area contributed by atoms with E-state index in [1.54, 1.807) is 0 Å². The number of hydrogen-bond donors (Lipinski definition) is 1. The minimum atomic E-state index is -2.66. The van der Waals surface area contributed by atoms with Crippen molar-refractivity contribution >= 4 is 9.84 Å². The third kappa shape index (κ3) is 2.77. The van der Waals surface area contributed by atoms with Crippen LogP contribution in [0.25, 0.3) is 0 Å². The molecular weight excluding hydrogens is 222 g/mol. The van der Waals surface area contributed by atoms with Crippen molar-refractivity contribution in [3.8, 4) is 0 Å². The van der Waals surface area contributed by atoms with E-state index in [1.807, 2.05) is 0 Å². The standard InChI is InChI=1S/C12H23NO2S/c1-11(2,3)13-10-4-6-12(7-5-10)8-16(14,15)9-12/h10,13H,4-9H2,1-3H3. The summed E-state index contributed by atoms with van der Waals surface area (Å²) >= 11 is 0. The smallest absolute Gasteiger partial charge is 0.151 e. The minimum absolute atomic E-state index is 0.162. The van der Waals surface area contributed by atoms with E-state index in [-0.39, 0.29) is 11.0 Å². The van der Waals surface area contributed by atoms with E-state index >= 15 is 0 Å². The van der Waals surface area contributed by atoms with Crippen LogP contribution in [0.4, 0.5) is 0 Å². The van der Waals surface area contributed by atoms with Crippen LogP contribution in [-0.4, -0.2) is 31.5 Å². The first-order valence-corrected chi connectivity index (χ1v) is 8.00. The molecule has 1 saturated carbocycles. The SMILES string of the molecule is CC(C)(C)NC1CCC2(CC1)CS(=O)(=O)C2. The lowest BCUT2D eigenvalue weighted by Crippen LogP contribution is -2.54. The summed E-state index contributed by atoms with van der Waals surface area (Å²) in [5.41, 5.74) is 0.329. The van der Waals surface area contributed by atoms with E-state index in [0.717, 1.165) is 25.7 Å². The molecule has 0 aromatic rings. The molecule has 0 aromatic heterocycles. The van der Waals surface area contributed by atoms with Crippen molar-refractivity contribution in [3.05, 3.63) is 0 Å². The number of sulfone groups is 1. The van der Waals surface area contributed by atoms with Gasteiger partial charge in [-0.1, -0.05) is 0 Å². The van der Waals surface area contributed by atoms with Crippen molar-refractivity contribution < 1.29 is 8.42 Å². The van der Waals surface area contributed by atoms with Gasteiger partial charge in [-0.15, -0.1) is 0 Å². The Morgan fingerprint density at radius 1 is 1.12 bits per heavy atom. The first kappa shape index (κ1) is 12.4. The highest BCUT2D eigenvalue weighted by Gasteiger charge is 2.49. The normalized spacial score (nSPS) is 28.9. The fourth-order valence-corrected chi connectivity index (χ4v) is 5.53. The maximum absolute atomic E-state index is 11.3. The molecule has 1 aliphatic carbocycles. The lowest BCUT2D eigenvalue weighted by Gasteiger charge is -2.47. The Labute approximate surface area is 98.9 Å². The molecule has 2 rings (SSSR count). The van der Waals surface area contributed by atoms with Gasteiger partial charge in [0.1, 0.15) is 0 Å². The first-order chi connectivity index (χ1) is 7.20. The average molecular weight is 245 g/mol. The summed E-state index contributed by atoms with van der Waals surface area (Å²) in [7, 11) is -2.66. The maximum Gasteiger partial charge on any atom is 0.151 e. The summed E-state index contributed by atoms with van der Waals surface area (Å²) < 4.78 is 22.5. The van der Waals surface area contributed by atoms with Crippen LogP contribution < -0.4 is 5.32 Å². The van der Waals surface area contributed by atoms with Crippen LogP contribution in [0.15, 0.2) is 0 Å². The summed E-state index contributed by atoms with van der Waals surface area (Å²) in [5.74, 6) is 0.893. The van der Waals surface area contributed by atoms with E-state index in [4.69, 9.17) is 0 Å². The fraction of sp³-hybridized carbons (Fsp3) is 1.00. The van der Waals surface area contributed by atoms with Crippen LogP contribution in [0, 0.1) is 5.41 Å². The Hall–Kier alpha value is -0.0900. The van der Waals surface area contributed by atoms with Gasteiger partial charge in [0.2, 0.25) is 0 Å². The number of hydrogen-bond acceptors (Lipinski definition) is 3. The Bertz CT molecular complexity index is 345. The predicted molar refractivity (Wildman–Crippen MR) is 66.2 cm³/mol. The van der Waals surface area contributed by atoms with Crippen LogP contribution in [-0.2, 0) is 9.84 Å². The van der Waals surface area contributed by atoms with Crippen LogP contribution in [0.1, 0.15) is 46.5 Å². The summed E-state index contributed by atoms with van der Waals surface area (Å²) in [5, 5.41) is 3.62. The van der Waals surface area contributed by atoms with Gasteiger partial charge in [0.25, 0.3) is 0 Å². The molecule has 2 fully saturated rings. The van der Waals surface area contributed by atoms with Crippen molar-refractivity contribution in [1.29, 1.82) is 0 Å². The van der Waals surface area contributed by atoms with E-state index in [2.05, 4.69) is 26.1 Å². The zero-order chi connectivity index (χ0) is 12.0. The molecule has 2 aliphatic rings. The molecule has 4 heteroatoms. The molecule has 1 heterocycles. The molecule has 1 saturated heterocycles. The number of rotatable bonds is 1. The van der Waals surface area contributed by atoms with Gasteiger partial charge in [0, 0.05) is 11.6 Å². The quantitative estimate of drug-likeness (QED) is 0.765. The van der Waals surface area contributed by atoms with Crippen LogP contribution >= 0.6 is 0 Å². The highest BCUT2D eigenvalue weighted by Crippen LogP contribution is 2.45. The molecule has 94 valence electrons. The highest BCUT2D eigenvalue weighted by molar-refractivity contribution is 7.92. The lowest BCUT2D eigenvalue weighted by atomic mass is 9.74. The van der Waals surface area contributed by atoms with Crippen molar-refractivity contribution in [2.45, 2.75) is 58.0 Å². The van der Waals surface area contributed by atoms with Gasteiger partial charge < -0.3 is 5.32 Å². The Morgan fingerprint density at radius 3 is 2.00 bits per heavy atom. The summed E-state index contributed by atoms with van der Waals surface area (Å²) in [6, 6.07) is 0.578. The van der Waals surface area contributed by atoms with E-state index < -0.39 is 9.84 Å². The maximum atomic E-state index is 11.3. The Morgan fingerprint density at radius 2 is 1.62 bits per heavy atom. The largest absolute Gasteiger partial charge is 0.309 e. The minimum Gasteiger partial charge on any atom is -0.309 e. The van der Waals surface area contributed by atoms with Gasteiger partial charge in [-0.05, 0) is 51.9 Å². The second kappa shape index (κ2) is 3.70. The van der Waals surface area contributed by atoms with Crippen LogP contribution in [0.2, 0.25) is 0 Å². The van der Waals surface area contributed by atoms with Crippen LogP contribution in [0.3, 0.4) is 0 Å². The molecule has 16 heavy (non-hydrogen) atoms. The Kier molecular flexibility index (Phi) is 2.86. The van der Waals surface area contributed by atoms with Crippen molar-refractivity contribution in [2.75, 3.05) is 11.5 Å². The molecule has 1 N–H and O–H groups in total. The summed E-state index contributed by atoms with van der Waals surface area (Å²) in [6.07, 6.45) is 4.43. The second-order valence-electron chi connectivity index (χ2n) is 6.70. The predicted octanol–water partition coefficient (Wildman–Crippen LogP) is 1.73. The Balaban J connectivity index is 1.84. The molecule has 0 aromatic carbocycles. The zero-order valence-corrected chi connectivity index (χ0v) is 11.4. The second-order valence-corrected chi connectivity index (χ2v) is 8.77. The molecule has 1 spiro atoms.